The molecule has 1 aliphatic rings. The average Bonchev–Trinajstić information content (AvgIpc) is 3.47. The molecule has 10 heteroatoms. The van der Waals surface area contributed by atoms with E-state index in [0.717, 1.165) is 12.8 Å². The van der Waals surface area contributed by atoms with E-state index in [1.54, 1.807) is 23.7 Å². The Morgan fingerprint density at radius 3 is 2.71 bits per heavy atom. The highest BCUT2D eigenvalue weighted by Gasteiger charge is 2.32. The fourth-order valence-electron chi connectivity index (χ4n) is 3.22. The van der Waals surface area contributed by atoms with E-state index in [9.17, 15) is 18.5 Å². The van der Waals surface area contributed by atoms with Crippen LogP contribution in [0.25, 0.3) is 10.6 Å². The summed E-state index contributed by atoms with van der Waals surface area (Å²) in [6, 6.07) is 9.41. The van der Waals surface area contributed by atoms with Gasteiger partial charge in [0.05, 0.1) is 33.8 Å². The van der Waals surface area contributed by atoms with Crippen molar-refractivity contribution in [2.75, 3.05) is 11.8 Å². The summed E-state index contributed by atoms with van der Waals surface area (Å²) in [6.45, 7) is 0. The van der Waals surface area contributed by atoms with Crippen molar-refractivity contribution in [1.82, 2.24) is 4.98 Å². The number of nitrogens with one attached hydrogen (secondary N) is 1. The molecule has 1 heterocycles. The number of methoxy groups -OCH3 is 1. The summed E-state index contributed by atoms with van der Waals surface area (Å²) in [5.41, 5.74) is 1.55. The van der Waals surface area contributed by atoms with E-state index >= 15 is 0 Å². The zero-order valence-electron chi connectivity index (χ0n) is 16.3. The number of sulfonamides is 1. The van der Waals surface area contributed by atoms with Gasteiger partial charge in [0.1, 0.15) is 11.1 Å². The molecule has 158 valence electrons. The maximum absolute atomic E-state index is 13.4. The quantitative estimate of drug-likeness (QED) is 0.515. The number of rotatable bonds is 6. The van der Waals surface area contributed by atoms with Gasteiger partial charge in [0.15, 0.2) is 0 Å². The SMILES string of the molecule is COC(=O)c1ccc(C2CC2)c(S(=O)(=O)Nc2cc(C#N)c(Cl)cc2-c2nccs2)c1. The summed E-state index contributed by atoms with van der Waals surface area (Å²) >= 11 is 7.49. The summed E-state index contributed by atoms with van der Waals surface area (Å²) in [6.07, 6.45) is 3.35. The molecular weight excluding hydrogens is 458 g/mol. The molecule has 0 radical (unpaired) electrons. The van der Waals surface area contributed by atoms with Gasteiger partial charge in [0.25, 0.3) is 10.0 Å². The predicted octanol–water partition coefficient (Wildman–Crippen LogP) is 4.80. The average molecular weight is 474 g/mol. The van der Waals surface area contributed by atoms with E-state index in [0.29, 0.717) is 16.1 Å². The first kappa shape index (κ1) is 21.3. The van der Waals surface area contributed by atoms with Crippen LogP contribution in [-0.2, 0) is 14.8 Å². The molecule has 0 aliphatic heterocycles. The smallest absolute Gasteiger partial charge is 0.337 e. The number of hydrogen-bond acceptors (Lipinski definition) is 7. The predicted molar refractivity (Wildman–Crippen MR) is 118 cm³/mol. The van der Waals surface area contributed by atoms with Crippen molar-refractivity contribution < 1.29 is 17.9 Å². The Hall–Kier alpha value is -2.93. The molecule has 0 bridgehead atoms. The Morgan fingerprint density at radius 1 is 1.32 bits per heavy atom. The molecule has 4 rings (SSSR count). The Bertz CT molecular complexity index is 1310. The molecule has 0 amide bonds. The van der Waals surface area contributed by atoms with Gasteiger partial charge in [0, 0.05) is 17.1 Å². The highest BCUT2D eigenvalue weighted by Crippen LogP contribution is 2.44. The zero-order chi connectivity index (χ0) is 22.2. The molecule has 1 aromatic heterocycles. The monoisotopic (exact) mass is 473 g/mol. The molecule has 1 N–H and O–H groups in total. The van der Waals surface area contributed by atoms with Gasteiger partial charge >= 0.3 is 5.97 Å². The maximum Gasteiger partial charge on any atom is 0.337 e. The molecule has 1 aliphatic carbocycles. The first-order valence-electron chi connectivity index (χ1n) is 9.22. The number of thiazole rings is 1. The summed E-state index contributed by atoms with van der Waals surface area (Å²) in [5, 5.41) is 11.9. The molecular formula is C21H16ClN3O4S2. The third kappa shape index (κ3) is 4.28. The fourth-order valence-corrected chi connectivity index (χ4v) is 5.49. The molecule has 1 fully saturated rings. The maximum atomic E-state index is 13.4. The summed E-state index contributed by atoms with van der Waals surface area (Å²) < 4.78 is 34.2. The van der Waals surface area contributed by atoms with Crippen LogP contribution >= 0.6 is 22.9 Å². The van der Waals surface area contributed by atoms with Gasteiger partial charge < -0.3 is 4.74 Å². The molecule has 2 aromatic carbocycles. The summed E-state index contributed by atoms with van der Waals surface area (Å²) in [4.78, 5) is 16.2. The van der Waals surface area contributed by atoms with Crippen LogP contribution in [0.4, 0.5) is 5.69 Å². The van der Waals surface area contributed by atoms with E-state index < -0.39 is 16.0 Å². The van der Waals surface area contributed by atoms with Gasteiger partial charge in [-0.3, -0.25) is 4.72 Å². The summed E-state index contributed by atoms with van der Waals surface area (Å²) in [7, 11) is -2.86. The fraction of sp³-hybridized carbons (Fsp3) is 0.190. The molecule has 0 spiro atoms. The second-order valence-electron chi connectivity index (χ2n) is 6.95. The molecule has 31 heavy (non-hydrogen) atoms. The van der Waals surface area contributed by atoms with E-state index in [-0.39, 0.29) is 32.7 Å². The lowest BCUT2D eigenvalue weighted by atomic mass is 10.1. The minimum absolute atomic E-state index is 0.0106. The van der Waals surface area contributed by atoms with Crippen molar-refractivity contribution in [3.8, 4) is 16.6 Å². The number of carbonyl (C=O) groups is 1. The number of carbonyl (C=O) groups excluding carboxylic acids is 1. The number of ether oxygens (including phenoxy) is 1. The zero-order valence-corrected chi connectivity index (χ0v) is 18.6. The van der Waals surface area contributed by atoms with E-state index in [4.69, 9.17) is 16.3 Å². The normalized spacial score (nSPS) is 13.5. The van der Waals surface area contributed by atoms with E-state index in [1.807, 2.05) is 6.07 Å². The van der Waals surface area contributed by atoms with Crippen LogP contribution in [0.15, 0.2) is 46.8 Å². The van der Waals surface area contributed by atoms with Crippen LogP contribution < -0.4 is 4.72 Å². The van der Waals surface area contributed by atoms with Crippen LogP contribution in [0.1, 0.15) is 40.2 Å². The molecule has 0 unspecified atom stereocenters. The number of aromatic nitrogens is 1. The Balaban J connectivity index is 1.83. The van der Waals surface area contributed by atoms with Crippen molar-refractivity contribution >= 4 is 44.6 Å². The highest BCUT2D eigenvalue weighted by molar-refractivity contribution is 7.92. The van der Waals surface area contributed by atoms with Gasteiger partial charge in [-0.2, -0.15) is 5.26 Å². The molecule has 1 saturated carbocycles. The number of nitrogens with zero attached hydrogens (tertiary/aromatic N) is 2. The van der Waals surface area contributed by atoms with Gasteiger partial charge in [-0.25, -0.2) is 18.2 Å². The lowest BCUT2D eigenvalue weighted by Crippen LogP contribution is -2.17. The van der Waals surface area contributed by atoms with E-state index in [2.05, 4.69) is 9.71 Å². The molecule has 3 aromatic rings. The third-order valence-electron chi connectivity index (χ3n) is 4.88. The van der Waals surface area contributed by atoms with Crippen molar-refractivity contribution in [3.05, 3.63) is 63.6 Å². The van der Waals surface area contributed by atoms with Crippen molar-refractivity contribution in [2.45, 2.75) is 23.7 Å². The summed E-state index contributed by atoms with van der Waals surface area (Å²) in [5.74, 6) is -0.503. The van der Waals surface area contributed by atoms with E-state index in [1.165, 1.54) is 36.6 Å². The first-order valence-corrected chi connectivity index (χ1v) is 12.0. The first-order chi connectivity index (χ1) is 14.8. The standard InChI is InChI=1S/C21H16ClN3O4S2/c1-29-21(26)13-4-5-15(12-2-3-12)19(9-13)31(27,28)25-18-8-14(11-23)17(22)10-16(18)20-24-6-7-30-20/h4-10,12,25H,2-3H2,1H3. The Labute approximate surface area is 188 Å². The van der Waals surface area contributed by atoms with Crippen LogP contribution in [0.5, 0.6) is 0 Å². The minimum Gasteiger partial charge on any atom is -0.465 e. The Kier molecular flexibility index (Phi) is 5.71. The number of anilines is 1. The largest absolute Gasteiger partial charge is 0.465 e. The molecule has 7 nitrogen and oxygen atoms in total. The number of benzene rings is 2. The highest BCUT2D eigenvalue weighted by atomic mass is 35.5. The van der Waals surface area contributed by atoms with Crippen molar-refractivity contribution in [2.24, 2.45) is 0 Å². The lowest BCUT2D eigenvalue weighted by Gasteiger charge is -2.16. The van der Waals surface area contributed by atoms with Crippen LogP contribution in [-0.4, -0.2) is 26.5 Å². The van der Waals surface area contributed by atoms with Crippen LogP contribution in [0.3, 0.4) is 0 Å². The van der Waals surface area contributed by atoms with Crippen LogP contribution in [0, 0.1) is 11.3 Å². The number of halogens is 1. The number of hydrogen-bond donors (Lipinski definition) is 1. The lowest BCUT2D eigenvalue weighted by molar-refractivity contribution is 0.0600. The van der Waals surface area contributed by atoms with Gasteiger partial charge in [-0.1, -0.05) is 17.7 Å². The minimum atomic E-state index is -4.10. The number of esters is 1. The van der Waals surface area contributed by atoms with Gasteiger partial charge in [0.2, 0.25) is 0 Å². The van der Waals surface area contributed by atoms with Crippen molar-refractivity contribution in [1.29, 1.82) is 5.26 Å². The van der Waals surface area contributed by atoms with Crippen molar-refractivity contribution in [3.63, 3.8) is 0 Å². The topological polar surface area (TPSA) is 109 Å². The van der Waals surface area contributed by atoms with Gasteiger partial charge in [-0.15, -0.1) is 11.3 Å². The number of nitriles is 1. The Morgan fingerprint density at radius 2 is 2.10 bits per heavy atom. The molecule has 0 saturated heterocycles. The van der Waals surface area contributed by atoms with Crippen LogP contribution in [0.2, 0.25) is 5.02 Å². The second kappa shape index (κ2) is 8.30. The third-order valence-corrected chi connectivity index (χ3v) is 7.42. The second-order valence-corrected chi connectivity index (χ2v) is 9.90. The van der Waals surface area contributed by atoms with Gasteiger partial charge in [-0.05, 0) is 48.6 Å². The molecule has 0 atom stereocenters.